The molecule has 1 aliphatic heterocycles. The van der Waals surface area contributed by atoms with E-state index in [0.29, 0.717) is 13.1 Å². The van der Waals surface area contributed by atoms with Gasteiger partial charge >= 0.3 is 41.3 Å². The topological polar surface area (TPSA) is 107 Å². The predicted octanol–water partition coefficient (Wildman–Crippen LogP) is -0.516. The van der Waals surface area contributed by atoms with Crippen LogP contribution in [0.4, 0.5) is 4.79 Å². The molecule has 1 aromatic heterocycles. The first-order chi connectivity index (χ1) is 14.0. The molecule has 1 fully saturated rings. The summed E-state index contributed by atoms with van der Waals surface area (Å²) in [6.45, 7) is 9.79. The third-order valence-corrected chi connectivity index (χ3v) is 4.62. The van der Waals surface area contributed by atoms with Crippen LogP contribution in [0.2, 0.25) is 0 Å². The molecule has 1 N–H and O–H groups in total. The van der Waals surface area contributed by atoms with Gasteiger partial charge in [0.25, 0.3) is 0 Å². The van der Waals surface area contributed by atoms with Crippen LogP contribution in [-0.4, -0.2) is 45.2 Å². The van der Waals surface area contributed by atoms with Crippen molar-refractivity contribution in [2.45, 2.75) is 59.1 Å². The van der Waals surface area contributed by atoms with E-state index in [0.717, 1.165) is 31.0 Å². The van der Waals surface area contributed by atoms with E-state index in [4.69, 9.17) is 14.6 Å². The van der Waals surface area contributed by atoms with Crippen LogP contribution in [-0.2, 0) is 9.53 Å². The zero-order chi connectivity index (χ0) is 22.5. The van der Waals surface area contributed by atoms with Crippen molar-refractivity contribution in [1.82, 2.24) is 14.5 Å². The molecule has 0 spiro atoms. The third-order valence-electron chi connectivity index (χ3n) is 4.62. The number of carboxylic acid groups (broad SMARTS) is 1. The molecule has 2 heterocycles. The van der Waals surface area contributed by atoms with Gasteiger partial charge < -0.3 is 24.5 Å². The number of aromatic amines is 1. The first-order valence-electron chi connectivity index (χ1n) is 10.00. The monoisotopic (exact) mass is 439 g/mol. The molecule has 1 amide bonds. The van der Waals surface area contributed by atoms with Crippen LogP contribution in [0.1, 0.15) is 52.1 Å². The molecule has 2 aromatic rings. The van der Waals surface area contributed by atoms with Crippen molar-refractivity contribution in [3.63, 3.8) is 0 Å². The van der Waals surface area contributed by atoms with Crippen LogP contribution in [0.5, 0.6) is 0 Å². The summed E-state index contributed by atoms with van der Waals surface area (Å²) in [5.74, 6) is -1.08. The van der Waals surface area contributed by atoms with Gasteiger partial charge in [-0.2, -0.15) is 0 Å². The Balaban J connectivity index is 0.000000885. The number of amides is 1. The number of hydrogen-bond donors (Lipinski definition) is 1. The molecule has 1 aromatic carbocycles. The van der Waals surface area contributed by atoms with Crippen LogP contribution in [0.15, 0.2) is 35.3 Å². The Hall–Kier alpha value is -2.03. The number of aliphatic carboxylic acids is 1. The van der Waals surface area contributed by atoms with E-state index in [2.05, 4.69) is 4.98 Å². The van der Waals surface area contributed by atoms with Crippen LogP contribution in [0.25, 0.3) is 11.3 Å². The maximum absolute atomic E-state index is 12.4. The van der Waals surface area contributed by atoms with Crippen LogP contribution in [0, 0.1) is 6.92 Å². The number of nitrogens with zero attached hydrogens (tertiary/aromatic N) is 2. The summed E-state index contributed by atoms with van der Waals surface area (Å²) in [6, 6.07) is 8.18. The summed E-state index contributed by atoms with van der Waals surface area (Å²) >= 11 is 0. The molecular formula is C22H30N3NaO5. The van der Waals surface area contributed by atoms with Gasteiger partial charge in [0.05, 0.1) is 5.69 Å². The molecule has 3 rings (SSSR count). The van der Waals surface area contributed by atoms with Crippen LogP contribution in [0.3, 0.4) is 0 Å². The van der Waals surface area contributed by atoms with Crippen LogP contribution >= 0.6 is 0 Å². The number of hydrogen-bond acceptors (Lipinski definition) is 5. The van der Waals surface area contributed by atoms with Gasteiger partial charge in [-0.15, -0.1) is 0 Å². The smallest absolute Gasteiger partial charge is 0.550 e. The number of piperidine rings is 1. The van der Waals surface area contributed by atoms with E-state index in [-0.39, 0.29) is 47.4 Å². The molecule has 1 saturated heterocycles. The summed E-state index contributed by atoms with van der Waals surface area (Å²) in [7, 11) is 0. The number of ether oxygens (including phenoxy) is 1. The quantitative estimate of drug-likeness (QED) is 0.634. The van der Waals surface area contributed by atoms with Crippen molar-refractivity contribution in [3.8, 4) is 11.3 Å². The maximum Gasteiger partial charge on any atom is 1.00 e. The summed E-state index contributed by atoms with van der Waals surface area (Å²) < 4.78 is 7.19. The zero-order valence-corrected chi connectivity index (χ0v) is 21.2. The second-order valence-electron chi connectivity index (χ2n) is 8.44. The molecule has 0 saturated carbocycles. The average molecular weight is 439 g/mol. The standard InChI is InChI=1S/C20H27N3O3.C2H4O2.Na/c1-14-5-7-15(8-6-14)17-13-23(18(24)21-17)16-9-11-22(12-10-16)19(25)26-20(2,3)4;1-2(3)4;/h5-8,13,16H,9-12H2,1-4H3,(H,21,24);1H3,(H,3,4);/q;;+1/p-1. The molecular weight excluding hydrogens is 409 g/mol. The van der Waals surface area contributed by atoms with E-state index in [1.807, 2.05) is 58.2 Å². The molecule has 0 radical (unpaired) electrons. The third kappa shape index (κ3) is 8.55. The molecule has 164 valence electrons. The van der Waals surface area contributed by atoms with Crippen molar-refractivity contribution < 1.29 is 49.0 Å². The number of carbonyl (C=O) groups excluding carboxylic acids is 2. The summed E-state index contributed by atoms with van der Waals surface area (Å²) in [5, 5.41) is 8.89. The minimum Gasteiger partial charge on any atom is -0.550 e. The van der Waals surface area contributed by atoms with Crippen LogP contribution < -0.4 is 40.4 Å². The molecule has 0 bridgehead atoms. The first-order valence-corrected chi connectivity index (χ1v) is 10.00. The molecule has 0 atom stereocenters. The van der Waals surface area contributed by atoms with Gasteiger partial charge in [0, 0.05) is 31.3 Å². The molecule has 1 aliphatic rings. The van der Waals surface area contributed by atoms with Crippen molar-refractivity contribution >= 4 is 12.1 Å². The fourth-order valence-corrected chi connectivity index (χ4v) is 3.21. The first kappa shape index (κ1) is 27.0. The van der Waals surface area contributed by atoms with E-state index >= 15 is 0 Å². The van der Waals surface area contributed by atoms with Crippen molar-refractivity contribution in [2.24, 2.45) is 0 Å². The number of likely N-dealkylation sites (tertiary alicyclic amines) is 1. The molecule has 31 heavy (non-hydrogen) atoms. The SMILES string of the molecule is CC(=O)[O-].Cc1ccc(-c2cn(C3CCN(C(=O)OC(C)(C)C)CC3)c(=O)[nH]2)cc1.[Na+]. The number of aromatic nitrogens is 2. The van der Waals surface area contributed by atoms with E-state index in [9.17, 15) is 9.59 Å². The van der Waals surface area contributed by atoms with Gasteiger partial charge in [-0.3, -0.25) is 4.57 Å². The van der Waals surface area contributed by atoms with E-state index < -0.39 is 11.6 Å². The van der Waals surface area contributed by atoms with Gasteiger partial charge in [-0.25, -0.2) is 9.59 Å². The molecule has 8 nitrogen and oxygen atoms in total. The number of nitrogens with one attached hydrogen (secondary N) is 1. The molecule has 0 aliphatic carbocycles. The summed E-state index contributed by atoms with van der Waals surface area (Å²) in [6.07, 6.45) is 3.09. The van der Waals surface area contributed by atoms with Crippen molar-refractivity contribution in [1.29, 1.82) is 0 Å². The number of rotatable bonds is 2. The Bertz CT molecular complexity index is 916. The van der Waals surface area contributed by atoms with E-state index in [1.54, 1.807) is 9.47 Å². The number of H-pyrrole nitrogens is 1. The van der Waals surface area contributed by atoms with Gasteiger partial charge in [0.15, 0.2) is 0 Å². The van der Waals surface area contributed by atoms with E-state index in [1.165, 1.54) is 5.56 Å². The Morgan fingerprint density at radius 1 is 1.13 bits per heavy atom. The van der Waals surface area contributed by atoms with Gasteiger partial charge in [0.2, 0.25) is 0 Å². The fraction of sp³-hybridized carbons (Fsp3) is 0.500. The van der Waals surface area contributed by atoms with Gasteiger partial charge in [-0.05, 0) is 53.0 Å². The Morgan fingerprint density at radius 3 is 2.13 bits per heavy atom. The predicted molar refractivity (Wildman–Crippen MR) is 112 cm³/mol. The number of aryl methyl sites for hydroxylation is 1. The number of carbonyl (C=O) groups is 2. The number of benzene rings is 1. The van der Waals surface area contributed by atoms with Gasteiger partial charge in [-0.1, -0.05) is 29.8 Å². The minimum absolute atomic E-state index is 0. The van der Waals surface area contributed by atoms with Crippen molar-refractivity contribution in [3.05, 3.63) is 46.5 Å². The Morgan fingerprint density at radius 2 is 1.65 bits per heavy atom. The van der Waals surface area contributed by atoms with Gasteiger partial charge in [0.1, 0.15) is 5.60 Å². The Labute approximate surface area is 204 Å². The zero-order valence-electron chi connectivity index (χ0n) is 19.2. The molecule has 9 heteroatoms. The average Bonchev–Trinajstić information content (AvgIpc) is 3.02. The Kier molecular flexibility index (Phi) is 10.1. The number of carboxylic acids is 1. The fourth-order valence-electron chi connectivity index (χ4n) is 3.21. The van der Waals surface area contributed by atoms with Crippen molar-refractivity contribution in [2.75, 3.05) is 13.1 Å². The minimum atomic E-state index is -1.08. The summed E-state index contributed by atoms with van der Waals surface area (Å²) in [5.41, 5.74) is 2.41. The molecule has 0 unspecified atom stereocenters. The normalized spacial score (nSPS) is 14.2. The summed E-state index contributed by atoms with van der Waals surface area (Å²) in [4.78, 5) is 38.1. The second kappa shape index (κ2) is 11.5. The maximum atomic E-state index is 12.4. The number of imidazole rings is 1. The second-order valence-corrected chi connectivity index (χ2v) is 8.44. The largest absolute Gasteiger partial charge is 1.00 e.